The van der Waals surface area contributed by atoms with Crippen molar-refractivity contribution in [1.82, 2.24) is 0 Å². The molecule has 3 rings (SSSR count). The molecule has 0 saturated heterocycles. The molecular formula is C18H18ClNO. The van der Waals surface area contributed by atoms with E-state index in [1.807, 2.05) is 36.4 Å². The molecule has 0 spiro atoms. The molecule has 0 fully saturated rings. The van der Waals surface area contributed by atoms with Crippen LogP contribution in [0.2, 0.25) is 0 Å². The highest BCUT2D eigenvalue weighted by molar-refractivity contribution is 6.17. The Hall–Kier alpha value is -1.80. The Labute approximate surface area is 130 Å². The van der Waals surface area contributed by atoms with Crippen molar-refractivity contribution in [3.63, 3.8) is 0 Å². The third-order valence-corrected chi connectivity index (χ3v) is 4.39. The minimum Gasteiger partial charge on any atom is -0.325 e. The molecule has 1 amide bonds. The molecule has 0 saturated carbocycles. The molecule has 3 heteroatoms. The minimum atomic E-state index is -0.0571. The zero-order chi connectivity index (χ0) is 14.7. The minimum absolute atomic E-state index is 0.0571. The fraction of sp³-hybridized carbons (Fsp3) is 0.278. The van der Waals surface area contributed by atoms with E-state index in [1.165, 1.54) is 11.1 Å². The summed E-state index contributed by atoms with van der Waals surface area (Å²) < 4.78 is 0. The van der Waals surface area contributed by atoms with E-state index in [0.717, 1.165) is 30.5 Å². The SMILES string of the molecule is O=C(Nc1ccccc1CCl)C1CCCc2ccccc21. The summed E-state index contributed by atoms with van der Waals surface area (Å²) in [5, 5.41) is 3.05. The highest BCUT2D eigenvalue weighted by Gasteiger charge is 2.26. The molecule has 1 N–H and O–H groups in total. The topological polar surface area (TPSA) is 29.1 Å². The summed E-state index contributed by atoms with van der Waals surface area (Å²) >= 11 is 5.93. The van der Waals surface area contributed by atoms with Gasteiger partial charge in [0.25, 0.3) is 0 Å². The van der Waals surface area contributed by atoms with E-state index in [0.29, 0.717) is 5.88 Å². The Balaban J connectivity index is 1.84. The van der Waals surface area contributed by atoms with Crippen molar-refractivity contribution in [2.75, 3.05) is 5.32 Å². The molecule has 0 bridgehead atoms. The molecule has 108 valence electrons. The van der Waals surface area contributed by atoms with Crippen LogP contribution < -0.4 is 5.32 Å². The molecular weight excluding hydrogens is 282 g/mol. The second-order valence-electron chi connectivity index (χ2n) is 5.42. The Kier molecular flexibility index (Phi) is 4.26. The van der Waals surface area contributed by atoms with E-state index in [-0.39, 0.29) is 11.8 Å². The van der Waals surface area contributed by atoms with Gasteiger partial charge in [-0.1, -0.05) is 42.5 Å². The largest absolute Gasteiger partial charge is 0.325 e. The van der Waals surface area contributed by atoms with Gasteiger partial charge in [0.15, 0.2) is 0 Å². The quantitative estimate of drug-likeness (QED) is 0.832. The first-order valence-electron chi connectivity index (χ1n) is 7.32. The number of fused-ring (bicyclic) bond motifs is 1. The number of hydrogen-bond acceptors (Lipinski definition) is 1. The van der Waals surface area contributed by atoms with Gasteiger partial charge in [0.2, 0.25) is 5.91 Å². The number of carbonyl (C=O) groups is 1. The number of anilines is 1. The van der Waals surface area contributed by atoms with Crippen LogP contribution in [0, 0.1) is 0 Å². The van der Waals surface area contributed by atoms with Crippen LogP contribution in [0.4, 0.5) is 5.69 Å². The third-order valence-electron chi connectivity index (χ3n) is 4.11. The number of aryl methyl sites for hydroxylation is 1. The molecule has 0 radical (unpaired) electrons. The average Bonchev–Trinajstić information content (AvgIpc) is 2.54. The smallest absolute Gasteiger partial charge is 0.231 e. The van der Waals surface area contributed by atoms with Gasteiger partial charge >= 0.3 is 0 Å². The van der Waals surface area contributed by atoms with E-state index >= 15 is 0 Å². The van der Waals surface area contributed by atoms with Crippen LogP contribution in [0.3, 0.4) is 0 Å². The first kappa shape index (κ1) is 14.2. The van der Waals surface area contributed by atoms with Gasteiger partial charge in [-0.25, -0.2) is 0 Å². The van der Waals surface area contributed by atoms with E-state index in [9.17, 15) is 4.79 Å². The molecule has 1 atom stereocenters. The zero-order valence-corrected chi connectivity index (χ0v) is 12.6. The van der Waals surface area contributed by atoms with Gasteiger partial charge in [-0.05, 0) is 42.0 Å². The summed E-state index contributed by atoms with van der Waals surface area (Å²) in [4.78, 5) is 12.6. The molecule has 0 heterocycles. The Morgan fingerprint density at radius 1 is 1.14 bits per heavy atom. The average molecular weight is 300 g/mol. The lowest BCUT2D eigenvalue weighted by atomic mass is 9.82. The number of amides is 1. The number of rotatable bonds is 3. The molecule has 0 aliphatic heterocycles. The van der Waals surface area contributed by atoms with Gasteiger partial charge in [-0.2, -0.15) is 0 Å². The van der Waals surface area contributed by atoms with Crippen molar-refractivity contribution in [1.29, 1.82) is 0 Å². The van der Waals surface area contributed by atoms with E-state index in [1.54, 1.807) is 0 Å². The second-order valence-corrected chi connectivity index (χ2v) is 5.69. The van der Waals surface area contributed by atoms with Crippen LogP contribution in [-0.2, 0) is 17.1 Å². The maximum atomic E-state index is 12.6. The van der Waals surface area contributed by atoms with Crippen LogP contribution in [0.5, 0.6) is 0 Å². The lowest BCUT2D eigenvalue weighted by molar-refractivity contribution is -0.117. The van der Waals surface area contributed by atoms with Gasteiger partial charge in [0.05, 0.1) is 5.92 Å². The second kappa shape index (κ2) is 6.31. The Morgan fingerprint density at radius 2 is 1.90 bits per heavy atom. The molecule has 1 aliphatic rings. The first-order valence-corrected chi connectivity index (χ1v) is 7.85. The molecule has 2 aromatic carbocycles. The third kappa shape index (κ3) is 2.96. The fourth-order valence-corrected chi connectivity index (χ4v) is 3.24. The van der Waals surface area contributed by atoms with Gasteiger partial charge < -0.3 is 5.32 Å². The van der Waals surface area contributed by atoms with Crippen molar-refractivity contribution >= 4 is 23.2 Å². The summed E-state index contributed by atoms with van der Waals surface area (Å²) in [7, 11) is 0. The van der Waals surface area contributed by atoms with Crippen LogP contribution in [0.15, 0.2) is 48.5 Å². The number of hydrogen-bond donors (Lipinski definition) is 1. The summed E-state index contributed by atoms with van der Waals surface area (Å²) in [5.41, 5.74) is 4.25. The predicted octanol–water partition coefficient (Wildman–Crippen LogP) is 4.48. The van der Waals surface area contributed by atoms with E-state index < -0.39 is 0 Å². The Bertz CT molecular complexity index is 653. The van der Waals surface area contributed by atoms with E-state index in [2.05, 4.69) is 17.4 Å². The lowest BCUT2D eigenvalue weighted by Gasteiger charge is -2.25. The van der Waals surface area contributed by atoms with Crippen molar-refractivity contribution in [2.24, 2.45) is 0 Å². The fourth-order valence-electron chi connectivity index (χ4n) is 3.00. The van der Waals surface area contributed by atoms with Crippen LogP contribution in [0.25, 0.3) is 0 Å². The molecule has 2 aromatic rings. The predicted molar refractivity (Wildman–Crippen MR) is 86.7 cm³/mol. The zero-order valence-electron chi connectivity index (χ0n) is 11.8. The first-order chi connectivity index (χ1) is 10.3. The van der Waals surface area contributed by atoms with Gasteiger partial charge in [-0.3, -0.25) is 4.79 Å². The summed E-state index contributed by atoms with van der Waals surface area (Å²) in [6.45, 7) is 0. The van der Waals surface area contributed by atoms with Crippen LogP contribution >= 0.6 is 11.6 Å². The Morgan fingerprint density at radius 3 is 2.76 bits per heavy atom. The van der Waals surface area contributed by atoms with Gasteiger partial charge in [-0.15, -0.1) is 11.6 Å². The number of nitrogens with one attached hydrogen (secondary N) is 1. The normalized spacial score (nSPS) is 17.1. The van der Waals surface area contributed by atoms with Crippen molar-refractivity contribution < 1.29 is 4.79 Å². The lowest BCUT2D eigenvalue weighted by Crippen LogP contribution is -2.25. The van der Waals surface area contributed by atoms with Gasteiger partial charge in [0.1, 0.15) is 0 Å². The maximum absolute atomic E-state index is 12.6. The number of para-hydroxylation sites is 1. The van der Waals surface area contributed by atoms with Crippen molar-refractivity contribution in [3.05, 3.63) is 65.2 Å². The van der Waals surface area contributed by atoms with Crippen LogP contribution in [0.1, 0.15) is 35.4 Å². The molecule has 2 nitrogen and oxygen atoms in total. The standard InChI is InChI=1S/C18H18ClNO/c19-12-14-7-2-4-11-17(14)20-18(21)16-10-5-8-13-6-1-3-9-15(13)16/h1-4,6-7,9,11,16H,5,8,10,12H2,(H,20,21). The summed E-state index contributed by atoms with van der Waals surface area (Å²) in [6, 6.07) is 16.0. The number of alkyl halides is 1. The van der Waals surface area contributed by atoms with Crippen molar-refractivity contribution in [2.45, 2.75) is 31.1 Å². The summed E-state index contributed by atoms with van der Waals surface area (Å²) in [5.74, 6) is 0.413. The molecule has 0 aromatic heterocycles. The van der Waals surface area contributed by atoms with Crippen LogP contribution in [-0.4, -0.2) is 5.91 Å². The number of halogens is 1. The highest BCUT2D eigenvalue weighted by Crippen LogP contribution is 2.32. The van der Waals surface area contributed by atoms with Crippen molar-refractivity contribution in [3.8, 4) is 0 Å². The number of benzene rings is 2. The summed E-state index contributed by atoms with van der Waals surface area (Å²) in [6.07, 6.45) is 3.04. The number of carbonyl (C=O) groups excluding carboxylic acids is 1. The maximum Gasteiger partial charge on any atom is 0.231 e. The molecule has 1 unspecified atom stereocenters. The molecule has 21 heavy (non-hydrogen) atoms. The highest BCUT2D eigenvalue weighted by atomic mass is 35.5. The van der Waals surface area contributed by atoms with Gasteiger partial charge in [0, 0.05) is 11.6 Å². The monoisotopic (exact) mass is 299 g/mol. The molecule has 1 aliphatic carbocycles. The van der Waals surface area contributed by atoms with E-state index in [4.69, 9.17) is 11.6 Å².